The van der Waals surface area contributed by atoms with Crippen LogP contribution in [0.3, 0.4) is 0 Å². The van der Waals surface area contributed by atoms with Crippen molar-refractivity contribution in [3.63, 3.8) is 0 Å². The van der Waals surface area contributed by atoms with E-state index < -0.39 is 11.3 Å². The molecule has 2 rings (SSSR count). The number of Topliss-reactive ketones (excluding diaryl/α,β-unsaturated/α-hetero) is 1. The molecule has 1 nitrogen and oxygen atoms in total. The molecule has 0 saturated heterocycles. The Labute approximate surface area is 106 Å². The summed E-state index contributed by atoms with van der Waals surface area (Å²) in [5, 5.41) is -1.13. The molecular formula is C13H10Cl2O. The lowest BCUT2D eigenvalue weighted by molar-refractivity contribution is 0.0947. The topological polar surface area (TPSA) is 17.1 Å². The third-order valence-corrected chi connectivity index (χ3v) is 2.94. The molecule has 0 N–H and O–H groups in total. The lowest BCUT2D eigenvalue weighted by Crippen LogP contribution is -2.23. The fourth-order valence-electron chi connectivity index (χ4n) is 1.54. The van der Waals surface area contributed by atoms with E-state index in [0.29, 0.717) is 10.6 Å². The molecule has 2 unspecified atom stereocenters. The Balaban J connectivity index is 2.31. The van der Waals surface area contributed by atoms with Crippen LogP contribution in [-0.4, -0.2) is 11.1 Å². The van der Waals surface area contributed by atoms with Gasteiger partial charge in [-0.2, -0.15) is 0 Å². The van der Waals surface area contributed by atoms with Gasteiger partial charge >= 0.3 is 0 Å². The van der Waals surface area contributed by atoms with E-state index in [4.69, 9.17) is 24.6 Å². The Hall–Kier alpha value is -1.05. The molecule has 3 heteroatoms. The molecule has 1 aliphatic rings. The van der Waals surface area contributed by atoms with Crippen LogP contribution in [0.25, 0.3) is 0 Å². The molecule has 0 fully saturated rings. The highest BCUT2D eigenvalue weighted by molar-refractivity contribution is 6.33. The molecule has 0 saturated carbocycles. The molecule has 1 aliphatic carbocycles. The highest BCUT2D eigenvalue weighted by Gasteiger charge is 2.26. The summed E-state index contributed by atoms with van der Waals surface area (Å²) in [6.07, 6.45) is 4.56. The Bertz CT molecular complexity index is 491. The molecule has 0 radical (unpaired) electrons. The maximum absolute atomic E-state index is 12.2. The monoisotopic (exact) mass is 253 g/mol. The van der Waals surface area contributed by atoms with Crippen LogP contribution >= 0.6 is 23.2 Å². The number of benzene rings is 1. The summed E-state index contributed by atoms with van der Waals surface area (Å²) in [6, 6.07) is 8.82. The normalized spacial score (nSPS) is 29.5. The smallest absolute Gasteiger partial charge is 0.171 e. The van der Waals surface area contributed by atoms with Gasteiger partial charge in [-0.1, -0.05) is 48.0 Å². The van der Waals surface area contributed by atoms with Crippen molar-refractivity contribution in [1.29, 1.82) is 0 Å². The lowest BCUT2D eigenvalue weighted by Gasteiger charge is -2.18. The second kappa shape index (κ2) is 4.86. The van der Waals surface area contributed by atoms with Crippen LogP contribution < -0.4 is 0 Å². The van der Waals surface area contributed by atoms with Gasteiger partial charge in [0.2, 0.25) is 0 Å². The van der Waals surface area contributed by atoms with E-state index in [1.165, 1.54) is 6.08 Å². The van der Waals surface area contributed by atoms with Crippen LogP contribution in [0.1, 0.15) is 11.7 Å². The van der Waals surface area contributed by atoms with E-state index in [-0.39, 0.29) is 5.78 Å². The van der Waals surface area contributed by atoms with Gasteiger partial charge in [-0.3, -0.25) is 4.79 Å². The van der Waals surface area contributed by atoms with Crippen LogP contribution in [0.5, 0.6) is 0 Å². The maximum atomic E-state index is 12.2. The van der Waals surface area contributed by atoms with Crippen molar-refractivity contribution in [3.8, 4) is 0 Å². The van der Waals surface area contributed by atoms with Crippen molar-refractivity contribution in [3.05, 3.63) is 59.2 Å². The predicted molar refractivity (Wildman–Crippen MR) is 67.0 cm³/mol. The summed E-state index contributed by atoms with van der Waals surface area (Å²) in [5.74, 6) is -0.888. The molecule has 0 aliphatic heterocycles. The van der Waals surface area contributed by atoms with Crippen LogP contribution in [-0.2, 0) is 0 Å². The number of carbonyl (C=O) groups is 1. The lowest BCUT2D eigenvalue weighted by atomic mass is 9.91. The molecule has 16 heavy (non-hydrogen) atoms. The molecule has 1 aromatic rings. The first-order valence-corrected chi connectivity index (χ1v) is 5.61. The van der Waals surface area contributed by atoms with Crippen LogP contribution in [0.15, 0.2) is 53.6 Å². The summed E-state index contributed by atoms with van der Waals surface area (Å²) in [7, 11) is 0. The van der Waals surface area contributed by atoms with E-state index in [0.717, 1.165) is 0 Å². The standard InChI is InChI=1S/C13H10Cl2O/c14-10-6-7-11(12(15)8-10)13(16)9-4-2-1-3-5-9/h1-8,11-12H/i12D. The van der Waals surface area contributed by atoms with Gasteiger partial charge in [0.15, 0.2) is 5.78 Å². The molecular weight excluding hydrogens is 243 g/mol. The third kappa shape index (κ3) is 2.37. The van der Waals surface area contributed by atoms with Gasteiger partial charge in [-0.25, -0.2) is 0 Å². The molecule has 0 aromatic heterocycles. The van der Waals surface area contributed by atoms with E-state index in [9.17, 15) is 4.79 Å². The first-order chi connectivity index (χ1) is 8.00. The van der Waals surface area contributed by atoms with Gasteiger partial charge in [0, 0.05) is 10.6 Å². The number of hydrogen-bond donors (Lipinski definition) is 0. The number of carbonyl (C=O) groups excluding carboxylic acids is 1. The van der Waals surface area contributed by atoms with Crippen molar-refractivity contribution >= 4 is 29.0 Å². The quantitative estimate of drug-likeness (QED) is 0.579. The fraction of sp³-hybridized carbons (Fsp3) is 0.154. The summed E-state index contributed by atoms with van der Waals surface area (Å²) >= 11 is 11.8. The van der Waals surface area contributed by atoms with Crippen molar-refractivity contribution in [2.45, 2.75) is 5.35 Å². The second-order valence-electron chi connectivity index (χ2n) is 3.48. The van der Waals surface area contributed by atoms with E-state index in [1.807, 2.05) is 6.07 Å². The fourth-order valence-corrected chi connectivity index (χ4v) is 2.08. The van der Waals surface area contributed by atoms with Crippen molar-refractivity contribution in [2.75, 3.05) is 0 Å². The summed E-state index contributed by atoms with van der Waals surface area (Å²) in [5.41, 5.74) is 0.547. The van der Waals surface area contributed by atoms with Gasteiger partial charge in [0.05, 0.1) is 12.6 Å². The maximum Gasteiger partial charge on any atom is 0.171 e. The molecule has 0 bridgehead atoms. The number of rotatable bonds is 2. The molecule has 0 amide bonds. The van der Waals surface area contributed by atoms with Gasteiger partial charge in [0.1, 0.15) is 0 Å². The zero-order valence-corrected chi connectivity index (χ0v) is 9.87. The summed E-state index contributed by atoms with van der Waals surface area (Å²) < 4.78 is 7.93. The van der Waals surface area contributed by atoms with Gasteiger partial charge in [-0.15, -0.1) is 11.6 Å². The second-order valence-corrected chi connectivity index (χ2v) is 4.35. The van der Waals surface area contributed by atoms with Crippen molar-refractivity contribution in [2.24, 2.45) is 5.92 Å². The Morgan fingerprint density at radius 1 is 1.31 bits per heavy atom. The van der Waals surface area contributed by atoms with Crippen molar-refractivity contribution < 1.29 is 6.17 Å². The van der Waals surface area contributed by atoms with Crippen LogP contribution in [0, 0.1) is 5.92 Å². The summed E-state index contributed by atoms with van der Waals surface area (Å²) in [4.78, 5) is 12.2. The third-order valence-electron chi connectivity index (χ3n) is 2.36. The largest absolute Gasteiger partial charge is 0.293 e. The number of halogens is 2. The number of alkyl halides is 1. The molecule has 1 aromatic carbocycles. The van der Waals surface area contributed by atoms with Gasteiger partial charge in [-0.05, 0) is 12.2 Å². The van der Waals surface area contributed by atoms with Gasteiger partial charge < -0.3 is 0 Å². The zero-order valence-electron chi connectivity index (χ0n) is 9.36. The van der Waals surface area contributed by atoms with E-state index in [2.05, 4.69) is 0 Å². The Kier molecular flexibility index (Phi) is 3.07. The van der Waals surface area contributed by atoms with E-state index >= 15 is 0 Å². The van der Waals surface area contributed by atoms with Crippen molar-refractivity contribution in [1.82, 2.24) is 0 Å². The number of allylic oxidation sites excluding steroid dienone is 4. The first kappa shape index (κ1) is 10.1. The molecule has 82 valence electrons. The Morgan fingerprint density at radius 3 is 2.62 bits per heavy atom. The van der Waals surface area contributed by atoms with Crippen LogP contribution in [0.2, 0.25) is 0 Å². The minimum atomic E-state index is -1.52. The van der Waals surface area contributed by atoms with E-state index in [1.54, 1.807) is 36.4 Å². The first-order valence-electron chi connectivity index (χ1n) is 5.35. The average molecular weight is 254 g/mol. The average Bonchev–Trinajstić information content (AvgIpc) is 2.28. The Morgan fingerprint density at radius 2 is 2.00 bits per heavy atom. The highest BCUT2D eigenvalue weighted by Crippen LogP contribution is 2.26. The molecule has 0 spiro atoms. The van der Waals surface area contributed by atoms with Crippen LogP contribution in [0.4, 0.5) is 0 Å². The number of hydrogen-bond acceptors (Lipinski definition) is 1. The number of ketones is 1. The molecule has 0 heterocycles. The van der Waals surface area contributed by atoms with Gasteiger partial charge in [0.25, 0.3) is 0 Å². The molecule has 2 atom stereocenters. The minimum absolute atomic E-state index is 0.174. The SMILES string of the molecule is [2H]C1(Cl)C=C(Cl)C=CC1C(=O)c1ccccc1. The highest BCUT2D eigenvalue weighted by atomic mass is 35.5. The predicted octanol–water partition coefficient (Wildman–Crippen LogP) is 3.79. The minimum Gasteiger partial charge on any atom is -0.293 e. The summed E-state index contributed by atoms with van der Waals surface area (Å²) in [6.45, 7) is 0. The zero-order chi connectivity index (χ0) is 12.5.